The van der Waals surface area contributed by atoms with Gasteiger partial charge in [0.25, 0.3) is 10.1 Å². The molecule has 2 aromatic rings. The van der Waals surface area contributed by atoms with E-state index in [9.17, 15) is 32.1 Å². The van der Waals surface area contributed by atoms with Crippen molar-refractivity contribution in [2.45, 2.75) is 141 Å². The van der Waals surface area contributed by atoms with E-state index < -0.39 is 46.4 Å². The molecule has 9 unspecified atom stereocenters. The molecule has 9 atom stereocenters. The number of carbonyl (C=O) groups excluding carboxylic acids is 4. The molecule has 61 heavy (non-hydrogen) atoms. The summed E-state index contributed by atoms with van der Waals surface area (Å²) >= 11 is 0. The van der Waals surface area contributed by atoms with Crippen LogP contribution in [0.2, 0.25) is 0 Å². The van der Waals surface area contributed by atoms with E-state index in [-0.39, 0.29) is 64.8 Å². The van der Waals surface area contributed by atoms with Gasteiger partial charge in [-0.15, -0.1) is 0 Å². The highest BCUT2D eigenvalue weighted by atomic mass is 32.2. The molecule has 15 heteroatoms. The predicted molar refractivity (Wildman–Crippen MR) is 237 cm³/mol. The summed E-state index contributed by atoms with van der Waals surface area (Å²) in [7, 11) is 2.26. The van der Waals surface area contributed by atoms with E-state index in [1.54, 1.807) is 50.2 Å². The minimum absolute atomic E-state index is 0.00881. The molecular formula is C46H73N5O9S. The van der Waals surface area contributed by atoms with Gasteiger partial charge in [0.2, 0.25) is 23.6 Å². The maximum atomic E-state index is 14.4. The number of ether oxygens (including phenoxy) is 2. The standard InChI is InChI=1S/C46H73N5O9S/c1-12-31(6)42(50(9)46(55)41(30(4)5)49-45(54)40(47-8)29(2)3)38(59-10)28-39(52)51-26-16-19-37(51)43(60-11)32(7)44(53)48-35(27-34-17-14-13-15-18-34)23-20-33-21-24-36(25-22-33)61(56,57)58/h13-15,17-18,21-22,24-25,29-32,35,37-38,40-43,47H,12,16,19-20,23,26-28H2,1-11H3,(H,48,53)(H,49,54)(H,56,57,58). The van der Waals surface area contributed by atoms with Crippen molar-refractivity contribution >= 4 is 33.7 Å². The zero-order valence-electron chi connectivity index (χ0n) is 38.2. The Morgan fingerprint density at radius 3 is 2.02 bits per heavy atom. The SMILES string of the molecule is CCC(C)C(C(CC(=O)N1CCCC1C(OC)C(C)C(=O)NC(CCc1ccc(S(=O)(=O)O)cc1)Cc1ccccc1)OC)N(C)C(=O)C(NC(=O)C(NC)C(C)C)C(C)C. The van der Waals surface area contributed by atoms with Gasteiger partial charge in [0, 0.05) is 33.9 Å². The van der Waals surface area contributed by atoms with Gasteiger partial charge in [-0.1, -0.05) is 97.4 Å². The topological polar surface area (TPSA) is 184 Å². The van der Waals surface area contributed by atoms with Gasteiger partial charge in [-0.3, -0.25) is 23.7 Å². The molecule has 4 amide bonds. The summed E-state index contributed by atoms with van der Waals surface area (Å²) in [5, 5.41) is 9.29. The predicted octanol–water partition coefficient (Wildman–Crippen LogP) is 4.90. The minimum atomic E-state index is -4.31. The summed E-state index contributed by atoms with van der Waals surface area (Å²) in [6.07, 6.45) is 2.56. The lowest BCUT2D eigenvalue weighted by atomic mass is 9.89. The van der Waals surface area contributed by atoms with Crippen molar-refractivity contribution in [1.82, 2.24) is 25.8 Å². The van der Waals surface area contributed by atoms with Crippen LogP contribution in [0.15, 0.2) is 59.5 Å². The average molecular weight is 872 g/mol. The number of nitrogens with zero attached hydrogens (tertiary/aromatic N) is 2. The summed E-state index contributed by atoms with van der Waals surface area (Å²) < 4.78 is 44.6. The summed E-state index contributed by atoms with van der Waals surface area (Å²) in [5.74, 6) is -1.69. The lowest BCUT2D eigenvalue weighted by Gasteiger charge is -2.41. The number of hydrogen-bond acceptors (Lipinski definition) is 9. The van der Waals surface area contributed by atoms with Crippen LogP contribution in [-0.4, -0.2) is 124 Å². The van der Waals surface area contributed by atoms with E-state index in [1.165, 1.54) is 12.1 Å². The van der Waals surface area contributed by atoms with E-state index in [2.05, 4.69) is 16.0 Å². The van der Waals surface area contributed by atoms with Crippen molar-refractivity contribution in [2.24, 2.45) is 23.7 Å². The average Bonchev–Trinajstić information content (AvgIpc) is 3.71. The Hall–Kier alpha value is -3.89. The third-order valence-electron chi connectivity index (χ3n) is 12.4. The molecule has 14 nitrogen and oxygen atoms in total. The number of aryl methyl sites for hydroxylation is 1. The lowest BCUT2D eigenvalue weighted by Crippen LogP contribution is -2.59. The number of carbonyl (C=O) groups is 4. The first-order valence-electron chi connectivity index (χ1n) is 21.8. The highest BCUT2D eigenvalue weighted by Crippen LogP contribution is 2.30. The second kappa shape index (κ2) is 24.1. The fourth-order valence-electron chi connectivity index (χ4n) is 8.67. The molecule has 1 aliphatic heterocycles. The van der Waals surface area contributed by atoms with Gasteiger partial charge in [-0.2, -0.15) is 8.42 Å². The molecular weight excluding hydrogens is 799 g/mol. The summed E-state index contributed by atoms with van der Waals surface area (Å²) in [6, 6.07) is 13.5. The third-order valence-corrected chi connectivity index (χ3v) is 13.3. The molecule has 0 bridgehead atoms. The number of benzene rings is 2. The van der Waals surface area contributed by atoms with Crippen molar-refractivity contribution in [2.75, 3.05) is 34.9 Å². The van der Waals surface area contributed by atoms with Gasteiger partial charge in [0.15, 0.2) is 0 Å². The van der Waals surface area contributed by atoms with Crippen molar-refractivity contribution in [3.8, 4) is 0 Å². The molecule has 1 aliphatic rings. The Bertz CT molecular complexity index is 1810. The molecule has 3 rings (SSSR count). The van der Waals surface area contributed by atoms with Crippen LogP contribution in [0.1, 0.15) is 91.7 Å². The van der Waals surface area contributed by atoms with Crippen molar-refractivity contribution in [3.63, 3.8) is 0 Å². The van der Waals surface area contributed by atoms with Crippen LogP contribution in [0, 0.1) is 23.7 Å². The van der Waals surface area contributed by atoms with Gasteiger partial charge >= 0.3 is 0 Å². The second-order valence-electron chi connectivity index (χ2n) is 17.4. The molecule has 0 saturated carbocycles. The largest absolute Gasteiger partial charge is 0.379 e. The highest BCUT2D eigenvalue weighted by molar-refractivity contribution is 7.85. The summed E-state index contributed by atoms with van der Waals surface area (Å²) in [6.45, 7) is 14.1. The quantitative estimate of drug-likeness (QED) is 0.106. The Morgan fingerprint density at radius 2 is 1.49 bits per heavy atom. The number of likely N-dealkylation sites (N-methyl/N-ethyl adjacent to an activating group) is 2. The van der Waals surface area contributed by atoms with E-state index in [0.29, 0.717) is 32.2 Å². The molecule has 4 N–H and O–H groups in total. The highest BCUT2D eigenvalue weighted by Gasteiger charge is 2.43. The number of nitrogens with one attached hydrogen (secondary N) is 3. The molecule has 1 fully saturated rings. The van der Waals surface area contributed by atoms with Crippen LogP contribution in [0.4, 0.5) is 0 Å². The van der Waals surface area contributed by atoms with E-state index in [0.717, 1.165) is 24.0 Å². The smallest absolute Gasteiger partial charge is 0.294 e. The lowest BCUT2D eigenvalue weighted by molar-refractivity contribution is -0.147. The van der Waals surface area contributed by atoms with Crippen molar-refractivity contribution < 1.29 is 41.6 Å². The summed E-state index contributed by atoms with van der Waals surface area (Å²) in [4.78, 5) is 59.2. The van der Waals surface area contributed by atoms with Crippen LogP contribution in [0.5, 0.6) is 0 Å². The first-order chi connectivity index (χ1) is 28.8. The maximum Gasteiger partial charge on any atom is 0.294 e. The van der Waals surface area contributed by atoms with Gasteiger partial charge in [-0.25, -0.2) is 0 Å². The fourth-order valence-corrected chi connectivity index (χ4v) is 9.15. The maximum absolute atomic E-state index is 14.4. The Labute approximate surface area is 365 Å². The van der Waals surface area contributed by atoms with Gasteiger partial charge in [0.1, 0.15) is 6.04 Å². The minimum Gasteiger partial charge on any atom is -0.379 e. The van der Waals surface area contributed by atoms with Gasteiger partial charge in [-0.05, 0) is 80.2 Å². The first kappa shape index (κ1) is 51.5. The number of hydrogen-bond donors (Lipinski definition) is 4. The monoisotopic (exact) mass is 872 g/mol. The van der Waals surface area contributed by atoms with E-state index in [1.807, 2.05) is 78.8 Å². The van der Waals surface area contributed by atoms with E-state index >= 15 is 0 Å². The van der Waals surface area contributed by atoms with Gasteiger partial charge in [0.05, 0.1) is 47.6 Å². The number of likely N-dealkylation sites (tertiary alicyclic amines) is 1. The molecule has 2 aromatic carbocycles. The van der Waals surface area contributed by atoms with Crippen molar-refractivity contribution in [1.29, 1.82) is 0 Å². The fraction of sp³-hybridized carbons (Fsp3) is 0.652. The normalized spacial score (nSPS) is 18.5. The zero-order valence-corrected chi connectivity index (χ0v) is 39.0. The van der Waals surface area contributed by atoms with Gasteiger partial charge < -0.3 is 35.2 Å². The molecule has 342 valence electrons. The molecule has 0 radical (unpaired) electrons. The van der Waals surface area contributed by atoms with Crippen LogP contribution in [-0.2, 0) is 51.6 Å². The molecule has 0 aliphatic carbocycles. The van der Waals surface area contributed by atoms with Crippen LogP contribution >= 0.6 is 0 Å². The second-order valence-corrected chi connectivity index (χ2v) is 18.8. The first-order valence-corrected chi connectivity index (χ1v) is 23.2. The number of rotatable bonds is 24. The number of amides is 4. The van der Waals surface area contributed by atoms with Crippen LogP contribution in [0.25, 0.3) is 0 Å². The molecule has 0 spiro atoms. The zero-order chi connectivity index (χ0) is 45.6. The molecule has 0 aromatic heterocycles. The number of methoxy groups -OCH3 is 2. The Kier molecular flexibility index (Phi) is 20.3. The third kappa shape index (κ3) is 14.3. The summed E-state index contributed by atoms with van der Waals surface area (Å²) in [5.41, 5.74) is 1.91. The van der Waals surface area contributed by atoms with Crippen LogP contribution < -0.4 is 16.0 Å². The Balaban J connectivity index is 1.79. The Morgan fingerprint density at radius 1 is 0.869 bits per heavy atom. The van der Waals surface area contributed by atoms with Crippen LogP contribution in [0.3, 0.4) is 0 Å². The molecule has 1 saturated heterocycles. The molecule has 1 heterocycles. The van der Waals surface area contributed by atoms with Crippen molar-refractivity contribution in [3.05, 3.63) is 65.7 Å². The van der Waals surface area contributed by atoms with E-state index in [4.69, 9.17) is 9.47 Å².